The molecule has 0 aliphatic rings. The second-order valence-electron chi connectivity index (χ2n) is 7.30. The van der Waals surface area contributed by atoms with E-state index in [9.17, 15) is 9.59 Å². The smallest absolute Gasteiger partial charge is 0.255 e. The van der Waals surface area contributed by atoms with Crippen LogP contribution in [0.2, 0.25) is 0 Å². The fourth-order valence-electron chi connectivity index (χ4n) is 3.07. The van der Waals surface area contributed by atoms with Crippen LogP contribution in [0.1, 0.15) is 42.1 Å². The van der Waals surface area contributed by atoms with Gasteiger partial charge in [-0.25, -0.2) is 0 Å². The Hall–Kier alpha value is -3.60. The summed E-state index contributed by atoms with van der Waals surface area (Å²) >= 11 is 0. The summed E-state index contributed by atoms with van der Waals surface area (Å²) in [5.74, 6) is 0.387. The molecule has 0 atom stereocenters. The van der Waals surface area contributed by atoms with Gasteiger partial charge >= 0.3 is 0 Å². The number of benzene rings is 3. The first kappa shape index (κ1) is 22.1. The van der Waals surface area contributed by atoms with Crippen molar-refractivity contribution in [3.8, 4) is 5.75 Å². The molecule has 0 bridgehead atoms. The monoisotopic (exact) mass is 416 g/mol. The number of unbranched alkanes of at least 4 members (excludes halogenated alkanes) is 1. The van der Waals surface area contributed by atoms with Crippen molar-refractivity contribution < 1.29 is 14.3 Å². The minimum Gasteiger partial charge on any atom is -0.494 e. The van der Waals surface area contributed by atoms with Crippen LogP contribution in [-0.2, 0) is 11.2 Å². The molecule has 31 heavy (non-hydrogen) atoms. The van der Waals surface area contributed by atoms with E-state index in [-0.39, 0.29) is 11.8 Å². The van der Waals surface area contributed by atoms with Crippen molar-refractivity contribution in [1.29, 1.82) is 0 Å². The highest BCUT2D eigenvalue weighted by Crippen LogP contribution is 2.19. The van der Waals surface area contributed by atoms with Gasteiger partial charge in [-0.1, -0.05) is 55.8 Å². The standard InChI is InChI=1S/C26H28N2O3/c1-2-3-17-31-24-14-7-11-21(18-24)26(30)28-23-13-8-12-22(19-23)27-25(29)16-15-20-9-5-4-6-10-20/h4-14,18-19H,2-3,15-17H2,1H3,(H,27,29)(H,28,30). The van der Waals surface area contributed by atoms with Crippen LogP contribution >= 0.6 is 0 Å². The van der Waals surface area contributed by atoms with E-state index < -0.39 is 0 Å². The predicted octanol–water partition coefficient (Wildman–Crippen LogP) is 5.69. The van der Waals surface area contributed by atoms with E-state index in [1.807, 2.05) is 36.4 Å². The van der Waals surface area contributed by atoms with E-state index in [0.29, 0.717) is 42.1 Å². The molecule has 0 spiro atoms. The number of aryl methyl sites for hydroxylation is 1. The van der Waals surface area contributed by atoms with E-state index in [0.717, 1.165) is 18.4 Å². The van der Waals surface area contributed by atoms with Gasteiger partial charge in [0.1, 0.15) is 5.75 Å². The summed E-state index contributed by atoms with van der Waals surface area (Å²) in [5.41, 5.74) is 2.90. The van der Waals surface area contributed by atoms with Crippen LogP contribution in [0.4, 0.5) is 11.4 Å². The maximum Gasteiger partial charge on any atom is 0.255 e. The quantitative estimate of drug-likeness (QED) is 0.417. The van der Waals surface area contributed by atoms with Crippen molar-refractivity contribution >= 4 is 23.2 Å². The van der Waals surface area contributed by atoms with Gasteiger partial charge in [0.2, 0.25) is 5.91 Å². The number of anilines is 2. The summed E-state index contributed by atoms with van der Waals surface area (Å²) in [6.45, 7) is 2.74. The highest BCUT2D eigenvalue weighted by Gasteiger charge is 2.09. The first-order valence-corrected chi connectivity index (χ1v) is 10.6. The Balaban J connectivity index is 1.55. The summed E-state index contributed by atoms with van der Waals surface area (Å²) in [7, 11) is 0. The van der Waals surface area contributed by atoms with Gasteiger partial charge in [-0.3, -0.25) is 9.59 Å². The molecule has 2 N–H and O–H groups in total. The molecule has 0 aliphatic heterocycles. The van der Waals surface area contributed by atoms with E-state index in [1.165, 1.54) is 0 Å². The summed E-state index contributed by atoms with van der Waals surface area (Å²) in [4.78, 5) is 24.9. The lowest BCUT2D eigenvalue weighted by molar-refractivity contribution is -0.116. The Morgan fingerprint density at radius 2 is 1.58 bits per heavy atom. The van der Waals surface area contributed by atoms with Gasteiger partial charge in [0.15, 0.2) is 0 Å². The third-order valence-corrected chi connectivity index (χ3v) is 4.75. The molecule has 2 amide bonds. The zero-order valence-electron chi connectivity index (χ0n) is 17.8. The van der Waals surface area contributed by atoms with Gasteiger partial charge in [0.25, 0.3) is 5.91 Å². The average Bonchev–Trinajstić information content (AvgIpc) is 2.79. The van der Waals surface area contributed by atoms with Crippen molar-refractivity contribution in [2.24, 2.45) is 0 Å². The van der Waals surface area contributed by atoms with E-state index >= 15 is 0 Å². The molecule has 0 aliphatic carbocycles. The average molecular weight is 417 g/mol. The largest absolute Gasteiger partial charge is 0.494 e. The second-order valence-corrected chi connectivity index (χ2v) is 7.30. The lowest BCUT2D eigenvalue weighted by Gasteiger charge is -2.10. The maximum atomic E-state index is 12.6. The van der Waals surface area contributed by atoms with E-state index in [2.05, 4.69) is 17.6 Å². The van der Waals surface area contributed by atoms with Crippen LogP contribution in [0.3, 0.4) is 0 Å². The van der Waals surface area contributed by atoms with Gasteiger partial charge in [-0.05, 0) is 54.8 Å². The first-order valence-electron chi connectivity index (χ1n) is 10.6. The van der Waals surface area contributed by atoms with Gasteiger partial charge in [-0.15, -0.1) is 0 Å². The highest BCUT2D eigenvalue weighted by molar-refractivity contribution is 6.05. The molecule has 0 radical (unpaired) electrons. The minimum absolute atomic E-state index is 0.0655. The number of hydrogen-bond donors (Lipinski definition) is 2. The minimum atomic E-state index is -0.228. The third kappa shape index (κ3) is 7.30. The van der Waals surface area contributed by atoms with Crippen LogP contribution in [0.15, 0.2) is 78.9 Å². The molecular weight excluding hydrogens is 388 g/mol. The Labute approximate surface area is 183 Å². The summed E-state index contributed by atoms with van der Waals surface area (Å²) < 4.78 is 5.68. The highest BCUT2D eigenvalue weighted by atomic mass is 16.5. The molecule has 3 aromatic rings. The molecule has 0 saturated carbocycles. The number of amides is 2. The fourth-order valence-corrected chi connectivity index (χ4v) is 3.07. The maximum absolute atomic E-state index is 12.6. The number of rotatable bonds is 10. The van der Waals surface area contributed by atoms with Gasteiger partial charge < -0.3 is 15.4 Å². The number of hydrogen-bond acceptors (Lipinski definition) is 3. The molecule has 3 aromatic carbocycles. The predicted molar refractivity (Wildman–Crippen MR) is 125 cm³/mol. The second kappa shape index (κ2) is 11.6. The summed E-state index contributed by atoms with van der Waals surface area (Å²) in [6, 6.07) is 24.2. The normalized spacial score (nSPS) is 10.4. The third-order valence-electron chi connectivity index (χ3n) is 4.75. The number of nitrogens with one attached hydrogen (secondary N) is 2. The number of carbonyl (C=O) groups excluding carboxylic acids is 2. The van der Waals surface area contributed by atoms with Gasteiger partial charge in [0, 0.05) is 23.4 Å². The van der Waals surface area contributed by atoms with Crippen LogP contribution in [0, 0.1) is 0 Å². The lowest BCUT2D eigenvalue weighted by atomic mass is 10.1. The van der Waals surface area contributed by atoms with E-state index in [1.54, 1.807) is 42.5 Å². The van der Waals surface area contributed by atoms with Crippen LogP contribution in [0.25, 0.3) is 0 Å². The van der Waals surface area contributed by atoms with Crippen molar-refractivity contribution in [2.45, 2.75) is 32.6 Å². The van der Waals surface area contributed by atoms with Crippen molar-refractivity contribution in [3.63, 3.8) is 0 Å². The molecule has 0 heterocycles. The zero-order chi connectivity index (χ0) is 21.9. The molecule has 160 valence electrons. The molecule has 0 fully saturated rings. The van der Waals surface area contributed by atoms with Crippen LogP contribution in [-0.4, -0.2) is 18.4 Å². The Morgan fingerprint density at radius 1 is 0.839 bits per heavy atom. The summed E-state index contributed by atoms with van der Waals surface area (Å²) in [5, 5.41) is 5.77. The molecule has 5 nitrogen and oxygen atoms in total. The molecule has 0 unspecified atom stereocenters. The fraction of sp³-hybridized carbons (Fsp3) is 0.231. The SMILES string of the molecule is CCCCOc1cccc(C(=O)Nc2cccc(NC(=O)CCc3ccccc3)c2)c1. The summed E-state index contributed by atoms with van der Waals surface area (Å²) in [6.07, 6.45) is 3.10. The van der Waals surface area contributed by atoms with Crippen molar-refractivity contribution in [1.82, 2.24) is 0 Å². The van der Waals surface area contributed by atoms with E-state index in [4.69, 9.17) is 4.74 Å². The van der Waals surface area contributed by atoms with Crippen LogP contribution < -0.4 is 15.4 Å². The molecule has 5 heteroatoms. The Morgan fingerprint density at radius 3 is 2.35 bits per heavy atom. The molecule has 3 rings (SSSR count). The lowest BCUT2D eigenvalue weighted by Crippen LogP contribution is -2.14. The van der Waals surface area contributed by atoms with Crippen molar-refractivity contribution in [3.05, 3.63) is 90.0 Å². The molecular formula is C26H28N2O3. The number of carbonyl (C=O) groups is 2. The Kier molecular flexibility index (Phi) is 8.23. The van der Waals surface area contributed by atoms with Crippen LogP contribution in [0.5, 0.6) is 5.75 Å². The van der Waals surface area contributed by atoms with Gasteiger partial charge in [0.05, 0.1) is 6.61 Å². The zero-order valence-corrected chi connectivity index (χ0v) is 17.8. The molecule has 0 aromatic heterocycles. The van der Waals surface area contributed by atoms with Crippen molar-refractivity contribution in [2.75, 3.05) is 17.2 Å². The molecule has 0 saturated heterocycles. The Bertz CT molecular complexity index is 1000. The first-order chi connectivity index (χ1) is 15.1. The topological polar surface area (TPSA) is 67.4 Å². The van der Waals surface area contributed by atoms with Gasteiger partial charge in [-0.2, -0.15) is 0 Å². The number of ether oxygens (including phenoxy) is 1.